The Kier molecular flexibility index (Phi) is 5.16. The lowest BCUT2D eigenvalue weighted by atomic mass is 10.2. The molecule has 2 heterocycles. The molecule has 0 N–H and O–H groups in total. The zero-order valence-electron chi connectivity index (χ0n) is 15.3. The molecular formula is C19H19N5O3S. The first kappa shape index (κ1) is 18.3. The Balaban J connectivity index is 1.45. The maximum Gasteiger partial charge on any atom is 0.269 e. The second-order valence-corrected chi connectivity index (χ2v) is 7.17. The van der Waals surface area contributed by atoms with Crippen LogP contribution in [0.15, 0.2) is 53.7 Å². The Morgan fingerprint density at radius 1 is 1.11 bits per heavy atom. The van der Waals surface area contributed by atoms with Gasteiger partial charge in [0, 0.05) is 36.7 Å². The van der Waals surface area contributed by atoms with Crippen molar-refractivity contribution >= 4 is 29.1 Å². The Bertz CT molecular complexity index is 972. The van der Waals surface area contributed by atoms with Crippen molar-refractivity contribution in [2.75, 3.05) is 18.1 Å². The predicted molar refractivity (Wildman–Crippen MR) is 107 cm³/mol. The smallest absolute Gasteiger partial charge is 0.269 e. The van der Waals surface area contributed by atoms with Crippen LogP contribution in [0.3, 0.4) is 0 Å². The van der Waals surface area contributed by atoms with E-state index in [9.17, 15) is 10.1 Å². The highest BCUT2D eigenvalue weighted by molar-refractivity contribution is 7.98. The lowest BCUT2D eigenvalue weighted by molar-refractivity contribution is -0.384. The van der Waals surface area contributed by atoms with Crippen LogP contribution in [-0.2, 0) is 12.3 Å². The van der Waals surface area contributed by atoms with Gasteiger partial charge >= 0.3 is 0 Å². The first-order chi connectivity index (χ1) is 13.7. The largest absolute Gasteiger partial charge is 0.494 e. The van der Waals surface area contributed by atoms with Gasteiger partial charge in [0.15, 0.2) is 5.16 Å². The molecule has 1 aromatic heterocycles. The molecule has 28 heavy (non-hydrogen) atoms. The van der Waals surface area contributed by atoms with Crippen LogP contribution in [0, 0.1) is 10.1 Å². The van der Waals surface area contributed by atoms with Crippen molar-refractivity contribution < 1.29 is 9.66 Å². The number of thioether (sulfide) groups is 1. The van der Waals surface area contributed by atoms with Gasteiger partial charge in [-0.05, 0) is 36.8 Å². The van der Waals surface area contributed by atoms with Crippen LogP contribution in [0.25, 0.3) is 0 Å². The minimum atomic E-state index is -0.391. The summed E-state index contributed by atoms with van der Waals surface area (Å²) in [5, 5.41) is 20.3. The van der Waals surface area contributed by atoms with Crippen molar-refractivity contribution in [3.8, 4) is 5.75 Å². The standard InChI is InChI=1S/C19H19N5O3S/c1-2-27-17-9-7-15(8-10-17)22-11-12-23-18(22)20-21-19(23)28-13-14-3-5-16(6-4-14)24(25)26/h3-10H,2,11-13H2,1H3. The molecule has 9 heteroatoms. The highest BCUT2D eigenvalue weighted by atomic mass is 32.2. The van der Waals surface area contributed by atoms with Gasteiger partial charge in [-0.2, -0.15) is 0 Å². The molecule has 0 fully saturated rings. The average molecular weight is 397 g/mol. The summed E-state index contributed by atoms with van der Waals surface area (Å²) in [6.07, 6.45) is 0. The van der Waals surface area contributed by atoms with Crippen LogP contribution in [-0.4, -0.2) is 32.8 Å². The number of fused-ring (bicyclic) bond motifs is 1. The third-order valence-corrected chi connectivity index (χ3v) is 5.50. The van der Waals surface area contributed by atoms with Gasteiger partial charge in [-0.1, -0.05) is 23.9 Å². The second kappa shape index (κ2) is 7.89. The van der Waals surface area contributed by atoms with Crippen molar-refractivity contribution in [2.24, 2.45) is 0 Å². The maximum absolute atomic E-state index is 10.8. The van der Waals surface area contributed by atoms with Gasteiger partial charge < -0.3 is 9.64 Å². The zero-order chi connectivity index (χ0) is 19.5. The molecule has 8 nitrogen and oxygen atoms in total. The molecule has 144 valence electrons. The molecular weight excluding hydrogens is 378 g/mol. The number of hydrogen-bond donors (Lipinski definition) is 0. The molecule has 1 aliphatic rings. The van der Waals surface area contributed by atoms with Gasteiger partial charge in [-0.15, -0.1) is 10.2 Å². The van der Waals surface area contributed by atoms with Crippen molar-refractivity contribution in [2.45, 2.75) is 24.4 Å². The van der Waals surface area contributed by atoms with Crippen molar-refractivity contribution in [3.63, 3.8) is 0 Å². The van der Waals surface area contributed by atoms with Gasteiger partial charge in [-0.3, -0.25) is 14.7 Å². The normalized spacial score (nSPS) is 12.8. The molecule has 0 saturated heterocycles. The van der Waals surface area contributed by atoms with Crippen LogP contribution in [0.1, 0.15) is 12.5 Å². The Labute approximate surface area is 166 Å². The topological polar surface area (TPSA) is 86.3 Å². The molecule has 3 aromatic rings. The van der Waals surface area contributed by atoms with Gasteiger partial charge in [0.05, 0.1) is 11.5 Å². The molecule has 0 unspecified atom stereocenters. The second-order valence-electron chi connectivity index (χ2n) is 6.22. The fourth-order valence-corrected chi connectivity index (χ4v) is 3.99. The number of hydrogen-bond acceptors (Lipinski definition) is 7. The average Bonchev–Trinajstić information content (AvgIpc) is 3.30. The summed E-state index contributed by atoms with van der Waals surface area (Å²) in [6, 6.07) is 14.6. The number of rotatable bonds is 7. The number of nitro benzene ring substituents is 1. The fourth-order valence-electron chi connectivity index (χ4n) is 3.08. The maximum atomic E-state index is 10.8. The summed E-state index contributed by atoms with van der Waals surface area (Å²) in [7, 11) is 0. The van der Waals surface area contributed by atoms with E-state index in [2.05, 4.69) is 19.7 Å². The van der Waals surface area contributed by atoms with E-state index in [-0.39, 0.29) is 5.69 Å². The zero-order valence-corrected chi connectivity index (χ0v) is 16.1. The fraction of sp³-hybridized carbons (Fsp3) is 0.263. The minimum Gasteiger partial charge on any atom is -0.494 e. The number of non-ortho nitro benzene ring substituents is 1. The summed E-state index contributed by atoms with van der Waals surface area (Å²) in [5.41, 5.74) is 2.17. The lowest BCUT2D eigenvalue weighted by Gasteiger charge is -2.15. The summed E-state index contributed by atoms with van der Waals surface area (Å²) >= 11 is 1.58. The van der Waals surface area contributed by atoms with E-state index in [1.54, 1.807) is 23.9 Å². The summed E-state index contributed by atoms with van der Waals surface area (Å²) in [6.45, 7) is 4.27. The molecule has 0 saturated carbocycles. The van der Waals surface area contributed by atoms with E-state index in [1.807, 2.05) is 31.2 Å². The summed E-state index contributed by atoms with van der Waals surface area (Å²) in [4.78, 5) is 12.5. The van der Waals surface area contributed by atoms with Crippen molar-refractivity contribution in [1.82, 2.24) is 14.8 Å². The first-order valence-corrected chi connectivity index (χ1v) is 9.94. The number of nitro groups is 1. The quantitative estimate of drug-likeness (QED) is 0.338. The van der Waals surface area contributed by atoms with Crippen LogP contribution >= 0.6 is 11.8 Å². The molecule has 0 radical (unpaired) electrons. The molecule has 1 aliphatic heterocycles. The number of benzene rings is 2. The van der Waals surface area contributed by atoms with Gasteiger partial charge in [0.2, 0.25) is 5.95 Å². The lowest BCUT2D eigenvalue weighted by Crippen LogP contribution is -2.14. The van der Waals surface area contributed by atoms with Gasteiger partial charge in [0.1, 0.15) is 5.75 Å². The Morgan fingerprint density at radius 3 is 2.54 bits per heavy atom. The minimum absolute atomic E-state index is 0.100. The Hall–Kier alpha value is -3.07. The van der Waals surface area contributed by atoms with Crippen LogP contribution < -0.4 is 9.64 Å². The van der Waals surface area contributed by atoms with Crippen LogP contribution in [0.4, 0.5) is 17.3 Å². The highest BCUT2D eigenvalue weighted by Gasteiger charge is 2.26. The third-order valence-electron chi connectivity index (χ3n) is 4.46. The monoisotopic (exact) mass is 397 g/mol. The highest BCUT2D eigenvalue weighted by Crippen LogP contribution is 2.33. The van der Waals surface area contributed by atoms with E-state index in [0.29, 0.717) is 12.4 Å². The molecule has 2 aromatic carbocycles. The number of anilines is 2. The van der Waals surface area contributed by atoms with Crippen LogP contribution in [0.5, 0.6) is 5.75 Å². The van der Waals surface area contributed by atoms with E-state index < -0.39 is 4.92 Å². The van der Waals surface area contributed by atoms with Crippen molar-refractivity contribution in [1.29, 1.82) is 0 Å². The van der Waals surface area contributed by atoms with Gasteiger partial charge in [0.25, 0.3) is 5.69 Å². The van der Waals surface area contributed by atoms with E-state index in [4.69, 9.17) is 4.74 Å². The number of ether oxygens (including phenoxy) is 1. The van der Waals surface area contributed by atoms with E-state index >= 15 is 0 Å². The Morgan fingerprint density at radius 2 is 1.86 bits per heavy atom. The van der Waals surface area contributed by atoms with Crippen molar-refractivity contribution in [3.05, 3.63) is 64.2 Å². The van der Waals surface area contributed by atoms with Gasteiger partial charge in [-0.25, -0.2) is 0 Å². The third kappa shape index (κ3) is 3.65. The molecule has 0 atom stereocenters. The SMILES string of the molecule is CCOc1ccc(N2CCn3c(SCc4ccc([N+](=O)[O-])cc4)nnc32)cc1. The molecule has 0 bridgehead atoms. The summed E-state index contributed by atoms with van der Waals surface area (Å²) in [5.74, 6) is 2.36. The van der Waals surface area contributed by atoms with Crippen LogP contribution in [0.2, 0.25) is 0 Å². The predicted octanol–water partition coefficient (Wildman–Crippen LogP) is 4.03. The summed E-state index contributed by atoms with van der Waals surface area (Å²) < 4.78 is 7.60. The number of aromatic nitrogens is 3. The van der Waals surface area contributed by atoms with E-state index in [0.717, 1.165) is 41.2 Å². The number of nitrogens with zero attached hydrogens (tertiary/aromatic N) is 5. The molecule has 4 rings (SSSR count). The molecule has 0 aliphatic carbocycles. The molecule has 0 amide bonds. The van der Waals surface area contributed by atoms with E-state index in [1.165, 1.54) is 12.1 Å². The first-order valence-electron chi connectivity index (χ1n) is 8.95. The molecule has 0 spiro atoms.